The van der Waals surface area contributed by atoms with Crippen LogP contribution in [0.1, 0.15) is 24.3 Å². The highest BCUT2D eigenvalue weighted by Gasteiger charge is 2.30. The van der Waals surface area contributed by atoms with Crippen molar-refractivity contribution in [3.8, 4) is 5.75 Å². The third-order valence-corrected chi connectivity index (χ3v) is 2.97. The van der Waals surface area contributed by atoms with Gasteiger partial charge in [0.05, 0.1) is 0 Å². The first-order chi connectivity index (χ1) is 6.31. The first-order valence-corrected chi connectivity index (χ1v) is 4.71. The Balaban J connectivity index is 2.12. The van der Waals surface area contributed by atoms with E-state index in [0.29, 0.717) is 17.6 Å². The molecule has 2 unspecified atom stereocenters. The van der Waals surface area contributed by atoms with Crippen LogP contribution in [0.2, 0.25) is 0 Å². The average Bonchev–Trinajstić information content (AvgIpc) is 2.08. The number of phenolic OH excluding ortho intramolecular Hbond substituents is 1. The summed E-state index contributed by atoms with van der Waals surface area (Å²) < 4.78 is 0. The van der Waals surface area contributed by atoms with E-state index < -0.39 is 0 Å². The van der Waals surface area contributed by atoms with Crippen LogP contribution in [0.25, 0.3) is 0 Å². The molecule has 1 aromatic carbocycles. The van der Waals surface area contributed by atoms with Crippen molar-refractivity contribution in [1.82, 2.24) is 0 Å². The van der Waals surface area contributed by atoms with Gasteiger partial charge in [-0.3, -0.25) is 0 Å². The zero-order valence-corrected chi connectivity index (χ0v) is 7.48. The minimum absolute atomic E-state index is 0.283. The molecule has 70 valence electrons. The van der Waals surface area contributed by atoms with Gasteiger partial charge in [-0.2, -0.15) is 0 Å². The van der Waals surface area contributed by atoms with Gasteiger partial charge in [-0.1, -0.05) is 12.1 Å². The first-order valence-electron chi connectivity index (χ1n) is 4.71. The highest BCUT2D eigenvalue weighted by Crippen LogP contribution is 2.42. The molecule has 0 saturated heterocycles. The molecule has 0 radical (unpaired) electrons. The third kappa shape index (κ3) is 1.54. The fourth-order valence-corrected chi connectivity index (χ4v) is 1.95. The van der Waals surface area contributed by atoms with Crippen molar-refractivity contribution in [1.29, 1.82) is 0 Å². The number of rotatable bonds is 2. The zero-order chi connectivity index (χ0) is 9.26. The molecule has 2 atom stereocenters. The van der Waals surface area contributed by atoms with Gasteiger partial charge in [-0.05, 0) is 42.4 Å². The highest BCUT2D eigenvalue weighted by atomic mass is 16.3. The Bertz CT molecular complexity index is 277. The predicted octanol–water partition coefficient (Wildman–Crippen LogP) is 1.88. The SMILES string of the molecule is OCC1CCC1c1ccc(O)cc1. The summed E-state index contributed by atoms with van der Waals surface area (Å²) in [5.41, 5.74) is 1.24. The molecular formula is C11H14O2. The van der Waals surface area contributed by atoms with Crippen LogP contribution in [0.15, 0.2) is 24.3 Å². The lowest BCUT2D eigenvalue weighted by Crippen LogP contribution is -2.26. The molecule has 0 spiro atoms. The first kappa shape index (κ1) is 8.57. The van der Waals surface area contributed by atoms with Crippen molar-refractivity contribution in [3.63, 3.8) is 0 Å². The Morgan fingerprint density at radius 2 is 1.85 bits per heavy atom. The van der Waals surface area contributed by atoms with Crippen molar-refractivity contribution >= 4 is 0 Å². The summed E-state index contributed by atoms with van der Waals surface area (Å²) in [5.74, 6) is 1.25. The second-order valence-electron chi connectivity index (χ2n) is 3.72. The summed E-state index contributed by atoms with van der Waals surface area (Å²) in [5, 5.41) is 18.1. The fourth-order valence-electron chi connectivity index (χ4n) is 1.95. The highest BCUT2D eigenvalue weighted by molar-refractivity contribution is 5.29. The van der Waals surface area contributed by atoms with Crippen LogP contribution in [0.4, 0.5) is 0 Å². The molecule has 2 nitrogen and oxygen atoms in total. The van der Waals surface area contributed by atoms with E-state index in [1.165, 1.54) is 5.56 Å². The summed E-state index contributed by atoms with van der Waals surface area (Å²) in [6.45, 7) is 0.283. The molecule has 1 aliphatic rings. The number of aromatic hydroxyl groups is 1. The van der Waals surface area contributed by atoms with E-state index in [0.717, 1.165) is 12.8 Å². The minimum Gasteiger partial charge on any atom is -0.508 e. The molecule has 2 N–H and O–H groups in total. The van der Waals surface area contributed by atoms with E-state index in [-0.39, 0.29) is 6.61 Å². The van der Waals surface area contributed by atoms with E-state index in [9.17, 15) is 0 Å². The smallest absolute Gasteiger partial charge is 0.115 e. The van der Waals surface area contributed by atoms with Gasteiger partial charge in [0.2, 0.25) is 0 Å². The molecule has 2 heteroatoms. The lowest BCUT2D eigenvalue weighted by Gasteiger charge is -2.35. The average molecular weight is 178 g/mol. The van der Waals surface area contributed by atoms with E-state index in [4.69, 9.17) is 10.2 Å². The van der Waals surface area contributed by atoms with Gasteiger partial charge in [0.1, 0.15) is 5.75 Å². The molecule has 1 aromatic rings. The van der Waals surface area contributed by atoms with E-state index >= 15 is 0 Å². The summed E-state index contributed by atoms with van der Waals surface area (Å²) in [7, 11) is 0. The number of aliphatic hydroxyl groups excluding tert-OH is 1. The predicted molar refractivity (Wildman–Crippen MR) is 50.7 cm³/mol. The molecule has 1 aliphatic carbocycles. The molecular weight excluding hydrogens is 164 g/mol. The van der Waals surface area contributed by atoms with Crippen molar-refractivity contribution in [2.45, 2.75) is 18.8 Å². The summed E-state index contributed by atoms with van der Waals surface area (Å²) >= 11 is 0. The number of hydrogen-bond acceptors (Lipinski definition) is 2. The number of phenols is 1. The van der Waals surface area contributed by atoms with Crippen molar-refractivity contribution < 1.29 is 10.2 Å². The topological polar surface area (TPSA) is 40.5 Å². The summed E-state index contributed by atoms with van der Waals surface area (Å²) in [4.78, 5) is 0. The van der Waals surface area contributed by atoms with Crippen molar-refractivity contribution in [2.75, 3.05) is 6.61 Å². The van der Waals surface area contributed by atoms with Gasteiger partial charge in [0.15, 0.2) is 0 Å². The molecule has 2 rings (SSSR count). The van der Waals surface area contributed by atoms with Gasteiger partial charge in [0, 0.05) is 6.61 Å². The molecule has 0 amide bonds. The second kappa shape index (κ2) is 3.38. The zero-order valence-electron chi connectivity index (χ0n) is 7.48. The Hall–Kier alpha value is -1.02. The van der Waals surface area contributed by atoms with Crippen LogP contribution in [0.5, 0.6) is 5.75 Å². The van der Waals surface area contributed by atoms with Gasteiger partial charge in [0.25, 0.3) is 0 Å². The Kier molecular flexibility index (Phi) is 2.23. The lowest BCUT2D eigenvalue weighted by molar-refractivity contribution is 0.135. The minimum atomic E-state index is 0.283. The van der Waals surface area contributed by atoms with Crippen LogP contribution in [0.3, 0.4) is 0 Å². The number of aliphatic hydroxyl groups is 1. The maximum absolute atomic E-state index is 9.10. The third-order valence-electron chi connectivity index (χ3n) is 2.97. The van der Waals surface area contributed by atoms with Crippen LogP contribution in [-0.4, -0.2) is 16.8 Å². The molecule has 0 aromatic heterocycles. The lowest BCUT2D eigenvalue weighted by atomic mass is 9.70. The summed E-state index contributed by atoms with van der Waals surface area (Å²) in [6.07, 6.45) is 2.29. The van der Waals surface area contributed by atoms with E-state index in [1.54, 1.807) is 12.1 Å². The monoisotopic (exact) mass is 178 g/mol. The van der Waals surface area contributed by atoms with Gasteiger partial charge < -0.3 is 10.2 Å². The molecule has 13 heavy (non-hydrogen) atoms. The molecule has 1 saturated carbocycles. The standard InChI is InChI=1S/C11H14O2/c12-7-9-3-6-11(9)8-1-4-10(13)5-2-8/h1-2,4-5,9,11-13H,3,6-7H2. The maximum Gasteiger partial charge on any atom is 0.115 e. The fraction of sp³-hybridized carbons (Fsp3) is 0.455. The number of benzene rings is 1. The second-order valence-corrected chi connectivity index (χ2v) is 3.72. The van der Waals surface area contributed by atoms with E-state index in [2.05, 4.69) is 0 Å². The molecule has 0 bridgehead atoms. The van der Waals surface area contributed by atoms with Gasteiger partial charge in [-0.15, -0.1) is 0 Å². The Morgan fingerprint density at radius 3 is 2.31 bits per heavy atom. The largest absolute Gasteiger partial charge is 0.508 e. The van der Waals surface area contributed by atoms with Crippen LogP contribution >= 0.6 is 0 Å². The normalized spacial score (nSPS) is 26.8. The maximum atomic E-state index is 9.10. The van der Waals surface area contributed by atoms with Crippen LogP contribution < -0.4 is 0 Å². The van der Waals surface area contributed by atoms with Crippen LogP contribution in [-0.2, 0) is 0 Å². The summed E-state index contributed by atoms with van der Waals surface area (Å²) in [6, 6.07) is 7.31. The number of hydrogen-bond donors (Lipinski definition) is 2. The Labute approximate surface area is 77.8 Å². The van der Waals surface area contributed by atoms with Crippen molar-refractivity contribution in [3.05, 3.63) is 29.8 Å². The van der Waals surface area contributed by atoms with E-state index in [1.807, 2.05) is 12.1 Å². The molecule has 0 aliphatic heterocycles. The molecule has 1 fully saturated rings. The van der Waals surface area contributed by atoms with Crippen LogP contribution in [0, 0.1) is 5.92 Å². The molecule has 0 heterocycles. The quantitative estimate of drug-likeness (QED) is 0.726. The van der Waals surface area contributed by atoms with Crippen molar-refractivity contribution in [2.24, 2.45) is 5.92 Å². The van der Waals surface area contributed by atoms with Gasteiger partial charge >= 0.3 is 0 Å². The Morgan fingerprint density at radius 1 is 1.15 bits per heavy atom. The van der Waals surface area contributed by atoms with Gasteiger partial charge in [-0.25, -0.2) is 0 Å².